The SMILES string of the molecule is Cc1ccc([N+](=O)[O-])c(Oc2c(Cl)cccc2CN)c1. The van der Waals surface area contributed by atoms with Crippen molar-refractivity contribution in [3.63, 3.8) is 0 Å². The number of nitrogens with two attached hydrogens (primary N) is 1. The first-order valence-electron chi connectivity index (χ1n) is 5.93. The van der Waals surface area contributed by atoms with Crippen molar-refractivity contribution in [3.05, 3.63) is 62.7 Å². The van der Waals surface area contributed by atoms with E-state index in [0.29, 0.717) is 16.3 Å². The van der Waals surface area contributed by atoms with Gasteiger partial charge in [0.1, 0.15) is 0 Å². The number of nitrogens with zero attached hydrogens (tertiary/aromatic N) is 1. The zero-order valence-electron chi connectivity index (χ0n) is 10.8. The number of nitro benzene ring substituents is 1. The van der Waals surface area contributed by atoms with E-state index in [-0.39, 0.29) is 18.0 Å². The summed E-state index contributed by atoms with van der Waals surface area (Å²) in [6.45, 7) is 2.06. The number of rotatable bonds is 4. The average Bonchev–Trinajstić information content (AvgIpc) is 2.40. The lowest BCUT2D eigenvalue weighted by atomic mass is 10.2. The fourth-order valence-electron chi connectivity index (χ4n) is 1.79. The lowest BCUT2D eigenvalue weighted by molar-refractivity contribution is -0.385. The highest BCUT2D eigenvalue weighted by molar-refractivity contribution is 6.32. The molecule has 2 N–H and O–H groups in total. The van der Waals surface area contributed by atoms with Gasteiger partial charge in [-0.15, -0.1) is 0 Å². The van der Waals surface area contributed by atoms with E-state index < -0.39 is 4.92 Å². The fraction of sp³-hybridized carbons (Fsp3) is 0.143. The van der Waals surface area contributed by atoms with Crippen LogP contribution in [0.4, 0.5) is 5.69 Å². The summed E-state index contributed by atoms with van der Waals surface area (Å²) in [5.41, 5.74) is 7.06. The highest BCUT2D eigenvalue weighted by Crippen LogP contribution is 2.37. The molecule has 0 amide bonds. The quantitative estimate of drug-likeness (QED) is 0.686. The molecule has 0 atom stereocenters. The van der Waals surface area contributed by atoms with E-state index in [1.54, 1.807) is 30.3 Å². The number of hydrogen-bond acceptors (Lipinski definition) is 4. The van der Waals surface area contributed by atoms with Crippen LogP contribution in [0.2, 0.25) is 5.02 Å². The van der Waals surface area contributed by atoms with Crippen LogP contribution in [0.25, 0.3) is 0 Å². The highest BCUT2D eigenvalue weighted by Gasteiger charge is 2.18. The second kappa shape index (κ2) is 5.90. The fourth-order valence-corrected chi connectivity index (χ4v) is 2.03. The van der Waals surface area contributed by atoms with Gasteiger partial charge in [-0.1, -0.05) is 29.8 Å². The zero-order valence-corrected chi connectivity index (χ0v) is 11.6. The Morgan fingerprint density at radius 3 is 2.75 bits per heavy atom. The van der Waals surface area contributed by atoms with Gasteiger partial charge in [0.25, 0.3) is 0 Å². The van der Waals surface area contributed by atoms with Crippen molar-refractivity contribution in [2.75, 3.05) is 0 Å². The highest BCUT2D eigenvalue weighted by atomic mass is 35.5. The molecule has 0 heterocycles. The first-order valence-corrected chi connectivity index (χ1v) is 6.31. The number of halogens is 1. The molecule has 5 nitrogen and oxygen atoms in total. The van der Waals surface area contributed by atoms with E-state index in [2.05, 4.69) is 0 Å². The van der Waals surface area contributed by atoms with Crippen molar-refractivity contribution in [3.8, 4) is 11.5 Å². The van der Waals surface area contributed by atoms with Crippen LogP contribution in [0.5, 0.6) is 11.5 Å². The number of ether oxygens (including phenoxy) is 1. The van der Waals surface area contributed by atoms with Crippen molar-refractivity contribution in [2.45, 2.75) is 13.5 Å². The molecule has 2 aromatic carbocycles. The van der Waals surface area contributed by atoms with E-state index in [0.717, 1.165) is 5.56 Å². The van der Waals surface area contributed by atoms with Crippen molar-refractivity contribution in [1.82, 2.24) is 0 Å². The van der Waals surface area contributed by atoms with Gasteiger partial charge in [-0.05, 0) is 24.6 Å². The number of aryl methyl sites for hydroxylation is 1. The average molecular weight is 293 g/mol. The predicted octanol–water partition coefficient (Wildman–Crippen LogP) is 3.81. The molecule has 0 fully saturated rings. The van der Waals surface area contributed by atoms with Gasteiger partial charge < -0.3 is 10.5 Å². The normalized spacial score (nSPS) is 10.3. The molecule has 6 heteroatoms. The summed E-state index contributed by atoms with van der Waals surface area (Å²) in [6.07, 6.45) is 0. The van der Waals surface area contributed by atoms with Gasteiger partial charge in [0.2, 0.25) is 5.75 Å². The summed E-state index contributed by atoms with van der Waals surface area (Å²) in [5, 5.41) is 11.4. The number of hydrogen-bond donors (Lipinski definition) is 1. The summed E-state index contributed by atoms with van der Waals surface area (Å²) in [6, 6.07) is 9.83. The van der Waals surface area contributed by atoms with Crippen LogP contribution in [0.15, 0.2) is 36.4 Å². The molecule has 0 aliphatic carbocycles. The van der Waals surface area contributed by atoms with Gasteiger partial charge in [0, 0.05) is 18.2 Å². The molecule has 2 aromatic rings. The van der Waals surface area contributed by atoms with Gasteiger partial charge >= 0.3 is 5.69 Å². The molecule has 0 aliphatic heterocycles. The van der Waals surface area contributed by atoms with Crippen molar-refractivity contribution in [2.24, 2.45) is 5.73 Å². The van der Waals surface area contributed by atoms with Crippen molar-refractivity contribution in [1.29, 1.82) is 0 Å². The van der Waals surface area contributed by atoms with Gasteiger partial charge in [0.15, 0.2) is 5.75 Å². The first-order chi connectivity index (χ1) is 9.52. The maximum Gasteiger partial charge on any atom is 0.311 e. The molecular weight excluding hydrogens is 280 g/mol. The predicted molar refractivity (Wildman–Crippen MR) is 77.3 cm³/mol. The van der Waals surface area contributed by atoms with Crippen LogP contribution >= 0.6 is 11.6 Å². The number of para-hydroxylation sites is 1. The monoisotopic (exact) mass is 292 g/mol. The Labute approximate surface area is 121 Å². The number of benzene rings is 2. The zero-order chi connectivity index (χ0) is 14.7. The molecule has 0 saturated heterocycles. The smallest absolute Gasteiger partial charge is 0.311 e. The first kappa shape index (κ1) is 14.3. The van der Waals surface area contributed by atoms with Gasteiger partial charge in [-0.3, -0.25) is 10.1 Å². The summed E-state index contributed by atoms with van der Waals surface area (Å²) in [7, 11) is 0. The third kappa shape index (κ3) is 2.89. The van der Waals surface area contributed by atoms with E-state index >= 15 is 0 Å². The molecule has 104 valence electrons. The van der Waals surface area contributed by atoms with Crippen LogP contribution < -0.4 is 10.5 Å². The molecule has 0 aliphatic rings. The third-order valence-electron chi connectivity index (χ3n) is 2.79. The standard InChI is InChI=1S/C14H13ClN2O3/c1-9-5-6-12(17(18)19)13(7-9)20-14-10(8-16)3-2-4-11(14)15/h2-7H,8,16H2,1H3. The molecule has 0 aromatic heterocycles. The van der Waals surface area contributed by atoms with E-state index in [9.17, 15) is 10.1 Å². The maximum atomic E-state index is 11.0. The van der Waals surface area contributed by atoms with Crippen molar-refractivity contribution < 1.29 is 9.66 Å². The second-order valence-electron chi connectivity index (χ2n) is 4.26. The summed E-state index contributed by atoms with van der Waals surface area (Å²) in [5.74, 6) is 0.503. The number of nitro groups is 1. The largest absolute Gasteiger partial charge is 0.448 e. The summed E-state index contributed by atoms with van der Waals surface area (Å²) >= 11 is 6.08. The van der Waals surface area contributed by atoms with E-state index in [1.165, 1.54) is 6.07 Å². The van der Waals surface area contributed by atoms with E-state index in [4.69, 9.17) is 22.1 Å². The lowest BCUT2D eigenvalue weighted by Crippen LogP contribution is -2.01. The lowest BCUT2D eigenvalue weighted by Gasteiger charge is -2.12. The summed E-state index contributed by atoms with van der Waals surface area (Å²) in [4.78, 5) is 10.5. The van der Waals surface area contributed by atoms with Crippen LogP contribution in [-0.2, 0) is 6.54 Å². The van der Waals surface area contributed by atoms with Gasteiger partial charge in [0.05, 0.1) is 9.95 Å². The Morgan fingerprint density at radius 2 is 2.10 bits per heavy atom. The van der Waals surface area contributed by atoms with E-state index in [1.807, 2.05) is 6.92 Å². The van der Waals surface area contributed by atoms with Crippen LogP contribution in [0, 0.1) is 17.0 Å². The van der Waals surface area contributed by atoms with Crippen LogP contribution in [0.3, 0.4) is 0 Å². The third-order valence-corrected chi connectivity index (χ3v) is 3.09. The van der Waals surface area contributed by atoms with Crippen molar-refractivity contribution >= 4 is 17.3 Å². The molecule has 0 bridgehead atoms. The second-order valence-corrected chi connectivity index (χ2v) is 4.67. The summed E-state index contributed by atoms with van der Waals surface area (Å²) < 4.78 is 5.65. The van der Waals surface area contributed by atoms with Crippen LogP contribution in [-0.4, -0.2) is 4.92 Å². The van der Waals surface area contributed by atoms with Crippen LogP contribution in [0.1, 0.15) is 11.1 Å². The molecule has 0 saturated carbocycles. The maximum absolute atomic E-state index is 11.0. The minimum Gasteiger partial charge on any atom is -0.448 e. The molecule has 0 unspecified atom stereocenters. The minimum absolute atomic E-state index is 0.113. The van der Waals surface area contributed by atoms with Gasteiger partial charge in [-0.25, -0.2) is 0 Å². The molecule has 0 spiro atoms. The Kier molecular flexibility index (Phi) is 4.22. The Bertz CT molecular complexity index is 659. The van der Waals surface area contributed by atoms with Gasteiger partial charge in [-0.2, -0.15) is 0 Å². The molecule has 20 heavy (non-hydrogen) atoms. The molecular formula is C14H13ClN2O3. The molecule has 2 rings (SSSR count). The topological polar surface area (TPSA) is 78.4 Å². The molecule has 0 radical (unpaired) electrons. The Balaban J connectivity index is 2.50. The minimum atomic E-state index is -0.492. The Morgan fingerprint density at radius 1 is 1.35 bits per heavy atom. The Hall–Kier alpha value is -2.11.